The van der Waals surface area contributed by atoms with E-state index in [-0.39, 0.29) is 22.7 Å². The van der Waals surface area contributed by atoms with Crippen LogP contribution in [0.4, 0.5) is 0 Å². The van der Waals surface area contributed by atoms with Crippen LogP contribution in [0.1, 0.15) is 47.5 Å². The summed E-state index contributed by atoms with van der Waals surface area (Å²) in [4.78, 5) is 16.4. The Morgan fingerprint density at radius 1 is 1.21 bits per heavy atom. The molecule has 0 atom stereocenters. The molecule has 24 heavy (non-hydrogen) atoms. The van der Waals surface area contributed by atoms with Crippen LogP contribution >= 0.6 is 11.8 Å². The van der Waals surface area contributed by atoms with Crippen LogP contribution in [-0.4, -0.2) is 60.8 Å². The van der Waals surface area contributed by atoms with E-state index in [2.05, 4.69) is 27.9 Å². The Kier molecular flexibility index (Phi) is 8.91. The molecule has 6 nitrogen and oxygen atoms in total. The zero-order valence-electron chi connectivity index (χ0n) is 15.8. The van der Waals surface area contributed by atoms with E-state index in [0.717, 1.165) is 44.9 Å². The smallest absolute Gasteiger partial charge is 0.242 e. The summed E-state index contributed by atoms with van der Waals surface area (Å²) in [5, 5.41) is 9.56. The fourth-order valence-corrected chi connectivity index (χ4v) is 3.86. The van der Waals surface area contributed by atoms with Crippen molar-refractivity contribution in [1.29, 1.82) is 0 Å². The van der Waals surface area contributed by atoms with E-state index in [1.807, 2.05) is 39.5 Å². The molecule has 0 aliphatic carbocycles. The summed E-state index contributed by atoms with van der Waals surface area (Å²) in [5.41, 5.74) is -0.234. The standard InChI is InChI=1S/C17H34N4O2S/c1-6-18-15(19-12-14(22)21-16(3,4)5)20-13-17(24-7-2)8-10-23-11-9-17/h6-13H2,1-5H3,(H,21,22)(H2,18,19,20). The van der Waals surface area contributed by atoms with Crippen molar-refractivity contribution in [2.45, 2.75) is 57.7 Å². The second-order valence-corrected chi connectivity index (χ2v) is 8.81. The number of hydrogen-bond donors (Lipinski definition) is 3. The van der Waals surface area contributed by atoms with Crippen LogP contribution < -0.4 is 16.0 Å². The second kappa shape index (κ2) is 10.1. The molecular formula is C17H34N4O2S. The molecule has 1 rings (SSSR count). The third-order valence-corrected chi connectivity index (χ3v) is 5.13. The molecule has 1 aliphatic heterocycles. The number of rotatable bonds is 7. The van der Waals surface area contributed by atoms with Gasteiger partial charge in [-0.3, -0.25) is 4.79 Å². The number of ether oxygens (including phenoxy) is 1. The topological polar surface area (TPSA) is 74.8 Å². The predicted molar refractivity (Wildman–Crippen MR) is 103 cm³/mol. The second-order valence-electron chi connectivity index (χ2n) is 7.08. The highest BCUT2D eigenvalue weighted by Crippen LogP contribution is 2.34. The highest BCUT2D eigenvalue weighted by molar-refractivity contribution is 8.00. The van der Waals surface area contributed by atoms with E-state index >= 15 is 0 Å². The maximum atomic E-state index is 11.9. The number of aliphatic imine (C=N–C) groups is 1. The largest absolute Gasteiger partial charge is 0.381 e. The van der Waals surface area contributed by atoms with Crippen molar-refractivity contribution in [2.75, 3.05) is 38.6 Å². The van der Waals surface area contributed by atoms with Crippen molar-refractivity contribution in [3.8, 4) is 0 Å². The molecule has 1 aliphatic rings. The van der Waals surface area contributed by atoms with E-state index in [0.29, 0.717) is 5.96 Å². The Bertz CT molecular complexity index is 410. The average Bonchev–Trinajstić information content (AvgIpc) is 2.50. The van der Waals surface area contributed by atoms with Gasteiger partial charge in [-0.1, -0.05) is 6.92 Å². The molecule has 1 fully saturated rings. The molecule has 0 saturated carbocycles. The average molecular weight is 359 g/mol. The van der Waals surface area contributed by atoms with Crippen LogP contribution in [-0.2, 0) is 9.53 Å². The van der Waals surface area contributed by atoms with Crippen LogP contribution in [0.25, 0.3) is 0 Å². The minimum absolute atomic E-state index is 0.0663. The Morgan fingerprint density at radius 3 is 2.42 bits per heavy atom. The zero-order chi connectivity index (χ0) is 18.1. The van der Waals surface area contributed by atoms with E-state index < -0.39 is 0 Å². The van der Waals surface area contributed by atoms with Crippen LogP contribution in [0.3, 0.4) is 0 Å². The lowest BCUT2D eigenvalue weighted by molar-refractivity contribution is -0.121. The van der Waals surface area contributed by atoms with Crippen molar-refractivity contribution >= 4 is 23.6 Å². The van der Waals surface area contributed by atoms with Crippen molar-refractivity contribution in [1.82, 2.24) is 16.0 Å². The van der Waals surface area contributed by atoms with E-state index in [1.54, 1.807) is 0 Å². The van der Waals surface area contributed by atoms with E-state index in [1.165, 1.54) is 0 Å². The molecule has 0 aromatic carbocycles. The maximum Gasteiger partial charge on any atom is 0.242 e. The quantitative estimate of drug-likeness (QED) is 0.478. The molecule has 1 heterocycles. The summed E-state index contributed by atoms with van der Waals surface area (Å²) < 4.78 is 5.70. The SMILES string of the molecule is CCNC(=NCC(=O)NC(C)(C)C)NCC1(SCC)CCOCC1. The molecule has 140 valence electrons. The monoisotopic (exact) mass is 358 g/mol. The molecule has 0 aromatic heterocycles. The Morgan fingerprint density at radius 2 is 1.88 bits per heavy atom. The minimum atomic E-state index is -0.234. The molecule has 0 unspecified atom stereocenters. The van der Waals surface area contributed by atoms with Crippen LogP contribution in [0.5, 0.6) is 0 Å². The number of thioether (sulfide) groups is 1. The highest BCUT2D eigenvalue weighted by Gasteiger charge is 2.32. The predicted octanol–water partition coefficient (Wildman–Crippen LogP) is 1.76. The maximum absolute atomic E-state index is 11.9. The first kappa shape index (κ1) is 21.1. The normalized spacial score (nSPS) is 18.1. The molecule has 0 radical (unpaired) electrons. The lowest BCUT2D eigenvalue weighted by Gasteiger charge is -2.37. The summed E-state index contributed by atoms with van der Waals surface area (Å²) in [6.45, 7) is 13.5. The summed E-state index contributed by atoms with van der Waals surface area (Å²) >= 11 is 1.99. The van der Waals surface area contributed by atoms with Gasteiger partial charge in [-0.15, -0.1) is 0 Å². The number of amides is 1. The number of carbonyl (C=O) groups is 1. The van der Waals surface area contributed by atoms with Gasteiger partial charge in [0, 0.05) is 36.6 Å². The molecule has 3 N–H and O–H groups in total. The van der Waals surface area contributed by atoms with Gasteiger partial charge in [0.05, 0.1) is 0 Å². The zero-order valence-corrected chi connectivity index (χ0v) is 16.6. The van der Waals surface area contributed by atoms with Gasteiger partial charge in [0.1, 0.15) is 6.54 Å². The van der Waals surface area contributed by atoms with Crippen molar-refractivity contribution in [3.05, 3.63) is 0 Å². The van der Waals surface area contributed by atoms with Gasteiger partial charge in [-0.05, 0) is 46.3 Å². The van der Waals surface area contributed by atoms with Crippen LogP contribution in [0.15, 0.2) is 4.99 Å². The number of carbonyl (C=O) groups excluding carboxylic acids is 1. The molecular weight excluding hydrogens is 324 g/mol. The first-order valence-electron chi connectivity index (χ1n) is 8.85. The van der Waals surface area contributed by atoms with E-state index in [4.69, 9.17) is 4.74 Å². The Balaban J connectivity index is 2.60. The van der Waals surface area contributed by atoms with Gasteiger partial charge in [-0.2, -0.15) is 11.8 Å². The minimum Gasteiger partial charge on any atom is -0.381 e. The van der Waals surface area contributed by atoms with Gasteiger partial charge in [-0.25, -0.2) is 4.99 Å². The van der Waals surface area contributed by atoms with Gasteiger partial charge in [0.15, 0.2) is 5.96 Å². The summed E-state index contributed by atoms with van der Waals surface area (Å²) in [7, 11) is 0. The van der Waals surface area contributed by atoms with Gasteiger partial charge >= 0.3 is 0 Å². The fourth-order valence-electron chi connectivity index (χ4n) is 2.62. The molecule has 0 aromatic rings. The van der Waals surface area contributed by atoms with Gasteiger partial charge in [0.25, 0.3) is 0 Å². The van der Waals surface area contributed by atoms with Gasteiger partial charge < -0.3 is 20.7 Å². The summed E-state index contributed by atoms with van der Waals surface area (Å²) in [6.07, 6.45) is 2.09. The van der Waals surface area contributed by atoms with Gasteiger partial charge in [0.2, 0.25) is 5.91 Å². The molecule has 0 bridgehead atoms. The number of hydrogen-bond acceptors (Lipinski definition) is 4. The lowest BCUT2D eigenvalue weighted by Crippen LogP contribution is -2.48. The number of nitrogens with zero attached hydrogens (tertiary/aromatic N) is 1. The lowest BCUT2D eigenvalue weighted by atomic mass is 9.99. The first-order chi connectivity index (χ1) is 11.3. The summed E-state index contributed by atoms with van der Waals surface area (Å²) in [6, 6.07) is 0. The fraction of sp³-hybridized carbons (Fsp3) is 0.882. The van der Waals surface area contributed by atoms with E-state index in [9.17, 15) is 4.79 Å². The third-order valence-electron chi connectivity index (χ3n) is 3.67. The Hall–Kier alpha value is -0.950. The van der Waals surface area contributed by atoms with Crippen molar-refractivity contribution in [3.63, 3.8) is 0 Å². The van der Waals surface area contributed by atoms with Crippen LogP contribution in [0, 0.1) is 0 Å². The molecule has 1 saturated heterocycles. The van der Waals surface area contributed by atoms with Crippen molar-refractivity contribution in [2.24, 2.45) is 4.99 Å². The number of guanidine groups is 1. The molecule has 0 spiro atoms. The summed E-state index contributed by atoms with van der Waals surface area (Å²) in [5.74, 6) is 1.72. The Labute approximate surface area is 151 Å². The highest BCUT2D eigenvalue weighted by atomic mass is 32.2. The van der Waals surface area contributed by atoms with Crippen molar-refractivity contribution < 1.29 is 9.53 Å². The molecule has 1 amide bonds. The molecule has 7 heteroatoms. The first-order valence-corrected chi connectivity index (χ1v) is 9.84. The number of nitrogens with one attached hydrogen (secondary N) is 3. The van der Waals surface area contributed by atoms with Crippen LogP contribution in [0.2, 0.25) is 0 Å². The third kappa shape index (κ3) is 8.24.